The summed E-state index contributed by atoms with van der Waals surface area (Å²) < 4.78 is 26.1. The molecule has 0 saturated carbocycles. The predicted octanol–water partition coefficient (Wildman–Crippen LogP) is 5.62. The molecule has 0 aliphatic carbocycles. The van der Waals surface area contributed by atoms with E-state index in [0.29, 0.717) is 26.4 Å². The lowest BCUT2D eigenvalue weighted by molar-refractivity contribution is -0.594. The third-order valence-corrected chi connectivity index (χ3v) is 4.19. The predicted molar refractivity (Wildman–Crippen MR) is 119 cm³/mol. The second-order valence-corrected chi connectivity index (χ2v) is 7.60. The first-order valence-electron chi connectivity index (χ1n) is 12.1. The van der Waals surface area contributed by atoms with Crippen LogP contribution < -0.4 is 0 Å². The Bertz CT molecular complexity index is 477. The number of ether oxygens (including phenoxy) is 5. The number of unbranched alkanes of at least 4 members (excludes halogenated alkanes) is 4. The summed E-state index contributed by atoms with van der Waals surface area (Å²) in [6.45, 7) is 12.1. The number of hydrogen-bond acceptors (Lipinski definition) is 13. The van der Waals surface area contributed by atoms with E-state index in [1.54, 1.807) is 0 Å². The molecule has 0 amide bonds. The third kappa shape index (κ3) is 18.4. The molecule has 35 heavy (non-hydrogen) atoms. The normalized spacial score (nSPS) is 11.9. The molecule has 0 saturated heterocycles. The number of carbonyl (C=O) groups excluding carboxylic acids is 2. The molecule has 13 heteroatoms. The van der Waals surface area contributed by atoms with Crippen LogP contribution in [-0.2, 0) is 53.3 Å². The maximum atomic E-state index is 11.6. The van der Waals surface area contributed by atoms with E-state index in [1.165, 1.54) is 13.8 Å². The Kier molecular flexibility index (Phi) is 19.7. The van der Waals surface area contributed by atoms with Gasteiger partial charge in [0.2, 0.25) is 0 Å². The van der Waals surface area contributed by atoms with E-state index in [2.05, 4.69) is 24.6 Å². The highest BCUT2D eigenvalue weighted by Crippen LogP contribution is 2.18. The van der Waals surface area contributed by atoms with E-state index in [9.17, 15) is 9.59 Å². The number of rotatable bonds is 22. The van der Waals surface area contributed by atoms with Gasteiger partial charge in [-0.2, -0.15) is 9.59 Å². The van der Waals surface area contributed by atoms with Crippen LogP contribution in [0, 0.1) is 0 Å². The third-order valence-electron chi connectivity index (χ3n) is 4.19. The first-order valence-corrected chi connectivity index (χ1v) is 12.1. The zero-order valence-corrected chi connectivity index (χ0v) is 21.8. The molecule has 0 fully saturated rings. The maximum Gasteiger partial charge on any atom is 0.553 e. The quantitative estimate of drug-likeness (QED) is 0.0442. The fraction of sp³-hybridized carbons (Fsp3) is 0.909. The van der Waals surface area contributed by atoms with Gasteiger partial charge in [-0.25, -0.2) is 9.78 Å². The molecule has 0 heterocycles. The van der Waals surface area contributed by atoms with Crippen molar-refractivity contribution in [2.75, 3.05) is 26.4 Å². The van der Waals surface area contributed by atoms with Crippen LogP contribution in [0.1, 0.15) is 92.9 Å². The van der Waals surface area contributed by atoms with Crippen molar-refractivity contribution in [3.63, 3.8) is 0 Å². The van der Waals surface area contributed by atoms with Crippen LogP contribution in [0.15, 0.2) is 0 Å². The molecular weight excluding hydrogens is 472 g/mol. The van der Waals surface area contributed by atoms with Gasteiger partial charge >= 0.3 is 24.3 Å². The maximum absolute atomic E-state index is 11.6. The molecule has 13 nitrogen and oxygen atoms in total. The Morgan fingerprint density at radius 2 is 0.829 bits per heavy atom. The first-order chi connectivity index (χ1) is 16.7. The molecule has 0 unspecified atom stereocenters. The summed E-state index contributed by atoms with van der Waals surface area (Å²) in [7, 11) is 0. The van der Waals surface area contributed by atoms with Crippen molar-refractivity contribution in [1.82, 2.24) is 0 Å². The van der Waals surface area contributed by atoms with Gasteiger partial charge in [-0.15, -0.1) is 9.78 Å². The van der Waals surface area contributed by atoms with Crippen molar-refractivity contribution >= 4 is 12.3 Å². The Morgan fingerprint density at radius 1 is 0.543 bits per heavy atom. The summed E-state index contributed by atoms with van der Waals surface area (Å²) in [5.41, 5.74) is 0. The van der Waals surface area contributed by atoms with Gasteiger partial charge in [-0.1, -0.05) is 53.4 Å². The zero-order valence-electron chi connectivity index (χ0n) is 21.8. The van der Waals surface area contributed by atoms with E-state index in [1.807, 2.05) is 27.7 Å². The van der Waals surface area contributed by atoms with E-state index >= 15 is 0 Å². The van der Waals surface area contributed by atoms with Gasteiger partial charge in [0, 0.05) is 13.8 Å². The molecule has 0 radical (unpaired) electrons. The van der Waals surface area contributed by atoms with Crippen molar-refractivity contribution in [3.8, 4) is 0 Å². The van der Waals surface area contributed by atoms with Crippen LogP contribution in [0.4, 0.5) is 9.59 Å². The van der Waals surface area contributed by atoms with Gasteiger partial charge in [0.15, 0.2) is 0 Å². The van der Waals surface area contributed by atoms with Gasteiger partial charge in [0.1, 0.15) is 0 Å². The molecule has 208 valence electrons. The van der Waals surface area contributed by atoms with Crippen LogP contribution in [0.2, 0.25) is 0 Å². The van der Waals surface area contributed by atoms with Crippen molar-refractivity contribution in [3.05, 3.63) is 0 Å². The minimum atomic E-state index is -1.64. The van der Waals surface area contributed by atoms with Crippen LogP contribution in [-0.4, -0.2) is 50.7 Å². The summed E-state index contributed by atoms with van der Waals surface area (Å²) in [4.78, 5) is 41.4. The molecule has 0 aliphatic heterocycles. The van der Waals surface area contributed by atoms with Crippen LogP contribution in [0.5, 0.6) is 0 Å². The number of carbonyl (C=O) groups is 2. The van der Waals surface area contributed by atoms with Crippen molar-refractivity contribution in [1.29, 1.82) is 0 Å². The topological polar surface area (TPSA) is 136 Å². The summed E-state index contributed by atoms with van der Waals surface area (Å²) in [5, 5.41) is 8.69. The highest BCUT2D eigenvalue weighted by molar-refractivity contribution is 5.76. The summed E-state index contributed by atoms with van der Waals surface area (Å²) in [6, 6.07) is 0. The standard InChI is InChI=1S/C22H42O13/c1-7-11-15-25-21(5,26-16-12-8-2)32-34-30-19(23)29-20(24)31-35-33-22(6,27-17-13-9-3)28-18-14-10-4/h7-18H2,1-6H3. The summed E-state index contributed by atoms with van der Waals surface area (Å²) in [6.07, 6.45) is 3.33. The van der Waals surface area contributed by atoms with E-state index in [4.69, 9.17) is 28.7 Å². The van der Waals surface area contributed by atoms with Gasteiger partial charge in [-0.3, -0.25) is 0 Å². The highest BCUT2D eigenvalue weighted by Gasteiger charge is 2.32. The Balaban J connectivity index is 4.42. The average molecular weight is 515 g/mol. The summed E-state index contributed by atoms with van der Waals surface area (Å²) in [5.74, 6) is -3.27. The SMILES string of the molecule is CCCCOC(C)(OCCCC)OOOC(=O)OC(=O)OOOC(C)(OCCCC)OCCCC. The van der Waals surface area contributed by atoms with Crippen LogP contribution >= 0.6 is 0 Å². The first kappa shape index (κ1) is 33.4. The molecule has 0 N–H and O–H groups in total. The number of hydrogen-bond donors (Lipinski definition) is 0. The minimum absolute atomic E-state index is 0.319. The molecular formula is C22H42O13. The fourth-order valence-electron chi connectivity index (χ4n) is 2.10. The molecule has 0 aliphatic rings. The molecule has 0 atom stereocenters. The van der Waals surface area contributed by atoms with Gasteiger partial charge in [0.05, 0.1) is 26.4 Å². The molecule has 0 bridgehead atoms. The van der Waals surface area contributed by atoms with E-state index in [-0.39, 0.29) is 0 Å². The van der Waals surface area contributed by atoms with E-state index in [0.717, 1.165) is 51.4 Å². The highest BCUT2D eigenvalue weighted by atomic mass is 17.6. The molecule has 0 rings (SSSR count). The monoisotopic (exact) mass is 514 g/mol. The Hall–Kier alpha value is -1.58. The van der Waals surface area contributed by atoms with Gasteiger partial charge in [0.25, 0.3) is 0 Å². The molecule has 0 aromatic carbocycles. The second-order valence-electron chi connectivity index (χ2n) is 7.60. The van der Waals surface area contributed by atoms with Gasteiger partial charge in [-0.05, 0) is 35.8 Å². The summed E-state index contributed by atoms with van der Waals surface area (Å²) >= 11 is 0. The van der Waals surface area contributed by atoms with Crippen LogP contribution in [0.25, 0.3) is 0 Å². The molecule has 0 aromatic heterocycles. The molecule has 0 aromatic rings. The average Bonchev–Trinajstić information content (AvgIpc) is 2.80. The molecule has 0 spiro atoms. The second kappa shape index (κ2) is 20.6. The minimum Gasteiger partial charge on any atom is -0.326 e. The van der Waals surface area contributed by atoms with Crippen molar-refractivity contribution < 1.29 is 62.9 Å². The smallest absolute Gasteiger partial charge is 0.326 e. The van der Waals surface area contributed by atoms with Gasteiger partial charge < -0.3 is 23.7 Å². The van der Waals surface area contributed by atoms with Crippen molar-refractivity contribution in [2.45, 2.75) is 105 Å². The van der Waals surface area contributed by atoms with E-state index < -0.39 is 24.3 Å². The fourth-order valence-corrected chi connectivity index (χ4v) is 2.10. The lowest BCUT2D eigenvalue weighted by atomic mass is 10.3. The lowest BCUT2D eigenvalue weighted by Gasteiger charge is -2.27. The van der Waals surface area contributed by atoms with Crippen molar-refractivity contribution in [2.24, 2.45) is 0 Å². The van der Waals surface area contributed by atoms with Crippen LogP contribution in [0.3, 0.4) is 0 Å². The largest absolute Gasteiger partial charge is 0.553 e. The zero-order chi connectivity index (χ0) is 26.4. The Labute approximate surface area is 207 Å². The Morgan fingerprint density at radius 3 is 1.09 bits per heavy atom. The lowest BCUT2D eigenvalue weighted by Crippen LogP contribution is -2.37.